The van der Waals surface area contributed by atoms with Crippen molar-refractivity contribution < 1.29 is 14.6 Å². The van der Waals surface area contributed by atoms with Crippen LogP contribution in [0.15, 0.2) is 41.2 Å². The average Bonchev–Trinajstić information content (AvgIpc) is 3.17. The summed E-state index contributed by atoms with van der Waals surface area (Å²) in [7, 11) is 0. The maximum atomic E-state index is 12.5. The van der Waals surface area contributed by atoms with E-state index in [1.54, 1.807) is 10.9 Å². The number of piperidine rings is 1. The number of carbonyl (C=O) groups is 1. The van der Waals surface area contributed by atoms with Gasteiger partial charge in [-0.15, -0.1) is 11.3 Å². The molecule has 1 aromatic heterocycles. The minimum absolute atomic E-state index is 0.0437. The zero-order valence-corrected chi connectivity index (χ0v) is 14.4. The van der Waals surface area contributed by atoms with Crippen LogP contribution in [0.3, 0.4) is 0 Å². The van der Waals surface area contributed by atoms with Crippen molar-refractivity contribution in [2.24, 2.45) is 5.41 Å². The van der Waals surface area contributed by atoms with E-state index in [1.165, 1.54) is 11.3 Å². The smallest absolute Gasteiger partial charge is 0.273 e. The summed E-state index contributed by atoms with van der Waals surface area (Å²) in [5.74, 6) is 0.787. The highest BCUT2D eigenvalue weighted by Gasteiger charge is 2.37. The number of aromatic nitrogens is 1. The molecule has 2 aromatic rings. The van der Waals surface area contributed by atoms with E-state index in [-0.39, 0.29) is 17.9 Å². The number of rotatable bonds is 6. The predicted octanol–water partition coefficient (Wildman–Crippen LogP) is 2.83. The average molecular weight is 346 g/mol. The van der Waals surface area contributed by atoms with Crippen LogP contribution in [0.2, 0.25) is 0 Å². The summed E-state index contributed by atoms with van der Waals surface area (Å²) in [5, 5.41) is 11.7. The number of likely N-dealkylation sites (tertiary alicyclic amines) is 1. The van der Waals surface area contributed by atoms with Gasteiger partial charge >= 0.3 is 0 Å². The van der Waals surface area contributed by atoms with Crippen LogP contribution in [-0.2, 0) is 0 Å². The molecule has 24 heavy (non-hydrogen) atoms. The summed E-state index contributed by atoms with van der Waals surface area (Å²) in [6.45, 7) is 1.87. The number of aliphatic hydroxyl groups excluding tert-OH is 1. The maximum absolute atomic E-state index is 12.5. The fourth-order valence-electron chi connectivity index (χ4n) is 3.18. The SMILES string of the molecule is O=C(c1cscn1)N1CCC[C@](CO)(CCOc2ccccc2)C1. The van der Waals surface area contributed by atoms with Gasteiger partial charge in [0.1, 0.15) is 11.4 Å². The van der Waals surface area contributed by atoms with Crippen molar-refractivity contribution in [3.05, 3.63) is 46.9 Å². The molecule has 0 saturated carbocycles. The summed E-state index contributed by atoms with van der Waals surface area (Å²) >= 11 is 1.42. The second kappa shape index (κ2) is 7.77. The molecule has 6 heteroatoms. The Morgan fingerprint density at radius 2 is 2.21 bits per heavy atom. The Bertz CT molecular complexity index is 648. The van der Waals surface area contributed by atoms with Crippen molar-refractivity contribution in [1.82, 2.24) is 9.88 Å². The summed E-state index contributed by atoms with van der Waals surface area (Å²) in [6.07, 6.45) is 2.52. The van der Waals surface area contributed by atoms with Gasteiger partial charge in [0.15, 0.2) is 0 Å². The lowest BCUT2D eigenvalue weighted by Crippen LogP contribution is -2.48. The first kappa shape index (κ1) is 16.9. The molecule has 0 bridgehead atoms. The van der Waals surface area contributed by atoms with Gasteiger partial charge in [0.05, 0.1) is 18.7 Å². The van der Waals surface area contributed by atoms with Gasteiger partial charge in [-0.05, 0) is 31.4 Å². The van der Waals surface area contributed by atoms with Gasteiger partial charge < -0.3 is 14.7 Å². The van der Waals surface area contributed by atoms with E-state index in [1.807, 2.05) is 35.2 Å². The number of nitrogens with zero attached hydrogens (tertiary/aromatic N) is 2. The number of hydrogen-bond acceptors (Lipinski definition) is 5. The Hall–Kier alpha value is -1.92. The highest BCUT2D eigenvalue weighted by molar-refractivity contribution is 7.07. The van der Waals surface area contributed by atoms with Crippen molar-refractivity contribution in [2.45, 2.75) is 19.3 Å². The molecule has 2 heterocycles. The molecule has 0 radical (unpaired) electrons. The Labute approximate surface area is 145 Å². The topological polar surface area (TPSA) is 62.7 Å². The molecule has 1 aliphatic heterocycles. The normalized spacial score (nSPS) is 20.8. The number of benzene rings is 1. The number of ether oxygens (including phenoxy) is 1. The van der Waals surface area contributed by atoms with E-state index < -0.39 is 0 Å². The Kier molecular flexibility index (Phi) is 5.48. The monoisotopic (exact) mass is 346 g/mol. The van der Waals surface area contributed by atoms with Crippen LogP contribution < -0.4 is 4.74 Å². The molecule has 1 saturated heterocycles. The molecule has 1 amide bonds. The van der Waals surface area contributed by atoms with Gasteiger partial charge in [-0.3, -0.25) is 4.79 Å². The molecular weight excluding hydrogens is 324 g/mol. The van der Waals surface area contributed by atoms with Gasteiger partial charge in [-0.1, -0.05) is 18.2 Å². The first-order valence-electron chi connectivity index (χ1n) is 8.19. The van der Waals surface area contributed by atoms with Gasteiger partial charge in [0, 0.05) is 23.9 Å². The van der Waals surface area contributed by atoms with E-state index in [2.05, 4.69) is 4.98 Å². The molecule has 128 valence electrons. The van der Waals surface area contributed by atoms with Crippen molar-refractivity contribution in [3.8, 4) is 5.75 Å². The van der Waals surface area contributed by atoms with Crippen molar-refractivity contribution in [2.75, 3.05) is 26.3 Å². The van der Waals surface area contributed by atoms with Crippen LogP contribution >= 0.6 is 11.3 Å². The second-order valence-electron chi connectivity index (χ2n) is 6.27. The summed E-state index contributed by atoms with van der Waals surface area (Å²) in [4.78, 5) is 18.4. The summed E-state index contributed by atoms with van der Waals surface area (Å²) < 4.78 is 5.78. The molecule has 0 spiro atoms. The van der Waals surface area contributed by atoms with Crippen molar-refractivity contribution >= 4 is 17.2 Å². The zero-order chi connectivity index (χ0) is 16.8. The third kappa shape index (κ3) is 3.94. The van der Waals surface area contributed by atoms with E-state index in [0.717, 1.165) is 31.6 Å². The molecule has 1 aromatic carbocycles. The predicted molar refractivity (Wildman–Crippen MR) is 93.3 cm³/mol. The standard InChI is InChI=1S/C18H22N2O3S/c21-13-18(8-10-23-15-5-2-1-3-6-15)7-4-9-20(12-18)17(22)16-11-24-14-19-16/h1-3,5-6,11,14,21H,4,7-10,12-13H2/t18-/m0/s1. The Morgan fingerprint density at radius 1 is 1.38 bits per heavy atom. The van der Waals surface area contributed by atoms with E-state index in [9.17, 15) is 9.90 Å². The molecular formula is C18H22N2O3S. The first-order chi connectivity index (χ1) is 11.7. The van der Waals surface area contributed by atoms with Crippen LogP contribution in [0, 0.1) is 5.41 Å². The van der Waals surface area contributed by atoms with Crippen LogP contribution in [0.1, 0.15) is 29.8 Å². The highest BCUT2D eigenvalue weighted by atomic mass is 32.1. The molecule has 0 aliphatic carbocycles. The molecule has 1 atom stereocenters. The van der Waals surface area contributed by atoms with Crippen LogP contribution in [0.25, 0.3) is 0 Å². The molecule has 0 unspecified atom stereocenters. The lowest BCUT2D eigenvalue weighted by atomic mass is 9.78. The van der Waals surface area contributed by atoms with E-state index in [0.29, 0.717) is 18.8 Å². The van der Waals surface area contributed by atoms with Gasteiger partial charge in [0.2, 0.25) is 0 Å². The number of para-hydroxylation sites is 1. The van der Waals surface area contributed by atoms with E-state index in [4.69, 9.17) is 4.74 Å². The van der Waals surface area contributed by atoms with E-state index >= 15 is 0 Å². The third-order valence-electron chi connectivity index (χ3n) is 4.58. The molecule has 1 N–H and O–H groups in total. The Balaban J connectivity index is 1.60. The molecule has 1 aliphatic rings. The Morgan fingerprint density at radius 3 is 2.92 bits per heavy atom. The maximum Gasteiger partial charge on any atom is 0.273 e. The number of aliphatic hydroxyl groups is 1. The molecule has 1 fully saturated rings. The lowest BCUT2D eigenvalue weighted by Gasteiger charge is -2.41. The van der Waals surface area contributed by atoms with Gasteiger partial charge in [0.25, 0.3) is 5.91 Å². The quantitative estimate of drug-likeness (QED) is 0.874. The highest BCUT2D eigenvalue weighted by Crippen LogP contribution is 2.34. The first-order valence-corrected chi connectivity index (χ1v) is 9.13. The summed E-state index contributed by atoms with van der Waals surface area (Å²) in [5.41, 5.74) is 1.87. The lowest BCUT2D eigenvalue weighted by molar-refractivity contribution is 0.0153. The zero-order valence-electron chi connectivity index (χ0n) is 13.6. The minimum Gasteiger partial charge on any atom is -0.494 e. The van der Waals surface area contributed by atoms with Crippen molar-refractivity contribution in [1.29, 1.82) is 0 Å². The van der Waals surface area contributed by atoms with Gasteiger partial charge in [-0.25, -0.2) is 4.98 Å². The second-order valence-corrected chi connectivity index (χ2v) is 6.99. The third-order valence-corrected chi connectivity index (χ3v) is 5.17. The number of hydrogen-bond donors (Lipinski definition) is 1. The largest absolute Gasteiger partial charge is 0.494 e. The van der Waals surface area contributed by atoms with Crippen LogP contribution in [0.5, 0.6) is 5.75 Å². The molecule has 3 rings (SSSR count). The van der Waals surface area contributed by atoms with Gasteiger partial charge in [-0.2, -0.15) is 0 Å². The van der Waals surface area contributed by atoms with Crippen LogP contribution in [-0.4, -0.2) is 47.2 Å². The van der Waals surface area contributed by atoms with Crippen LogP contribution in [0.4, 0.5) is 0 Å². The molecule has 5 nitrogen and oxygen atoms in total. The van der Waals surface area contributed by atoms with Crippen molar-refractivity contribution in [3.63, 3.8) is 0 Å². The fourth-order valence-corrected chi connectivity index (χ4v) is 3.70. The minimum atomic E-state index is -0.293. The number of thiazole rings is 1. The summed E-state index contributed by atoms with van der Waals surface area (Å²) in [6, 6.07) is 9.66. The number of amides is 1. The fraction of sp³-hybridized carbons (Fsp3) is 0.444. The number of carbonyl (C=O) groups excluding carboxylic acids is 1.